The van der Waals surface area contributed by atoms with Gasteiger partial charge in [-0.15, -0.1) is 0 Å². The van der Waals surface area contributed by atoms with E-state index < -0.39 is 0 Å². The van der Waals surface area contributed by atoms with Gasteiger partial charge in [0.25, 0.3) is 0 Å². The van der Waals surface area contributed by atoms with Gasteiger partial charge in [0, 0.05) is 6.61 Å². The number of benzene rings is 1. The van der Waals surface area contributed by atoms with E-state index in [2.05, 4.69) is 31.2 Å². The van der Waals surface area contributed by atoms with Gasteiger partial charge in [0.15, 0.2) is 9.76 Å². The lowest BCUT2D eigenvalue weighted by atomic mass is 10.2. The highest BCUT2D eigenvalue weighted by Crippen LogP contribution is 1.97. The molecule has 0 unspecified atom stereocenters. The first-order valence-electron chi connectivity index (χ1n) is 4.05. The maximum atomic E-state index is 5.38. The predicted octanol–water partition coefficient (Wildman–Crippen LogP) is 1.31. The summed E-state index contributed by atoms with van der Waals surface area (Å²) in [5.74, 6) is 0. The van der Waals surface area contributed by atoms with Crippen LogP contribution in [0.4, 0.5) is 0 Å². The molecule has 0 aliphatic rings. The molecule has 2 heteroatoms. The van der Waals surface area contributed by atoms with Crippen LogP contribution in [0.25, 0.3) is 0 Å². The van der Waals surface area contributed by atoms with Crippen LogP contribution in [0, 0.1) is 0 Å². The van der Waals surface area contributed by atoms with Gasteiger partial charge >= 0.3 is 0 Å². The van der Waals surface area contributed by atoms with Gasteiger partial charge < -0.3 is 4.43 Å². The maximum Gasteiger partial charge on any atom is 0.165 e. The Labute approximate surface area is 70.3 Å². The summed E-state index contributed by atoms with van der Waals surface area (Å²) in [5.41, 5.74) is 1.41. The van der Waals surface area contributed by atoms with Crippen LogP contribution in [-0.2, 0) is 10.5 Å². The van der Waals surface area contributed by atoms with Gasteiger partial charge in [-0.05, 0) is 18.5 Å². The molecule has 0 radical (unpaired) electrons. The minimum atomic E-state index is -0.287. The molecular formula is C9H14OSi. The summed E-state index contributed by atoms with van der Waals surface area (Å²) in [6.45, 7) is 2.93. The van der Waals surface area contributed by atoms with Crippen LogP contribution < -0.4 is 0 Å². The van der Waals surface area contributed by atoms with Crippen molar-refractivity contribution in [2.75, 3.05) is 6.61 Å². The van der Waals surface area contributed by atoms with E-state index in [1.165, 1.54) is 5.56 Å². The molecule has 0 aliphatic heterocycles. The zero-order valence-corrected chi connectivity index (χ0v) is 8.33. The molecule has 0 N–H and O–H groups in total. The van der Waals surface area contributed by atoms with Crippen molar-refractivity contribution >= 4 is 9.76 Å². The Kier molecular flexibility index (Phi) is 3.94. The minimum absolute atomic E-state index is 0.287. The van der Waals surface area contributed by atoms with Crippen molar-refractivity contribution in [3.8, 4) is 0 Å². The molecule has 0 aromatic heterocycles. The molecule has 0 heterocycles. The summed E-state index contributed by atoms with van der Waals surface area (Å²) in [7, 11) is -0.287. The Morgan fingerprint density at radius 2 is 2.00 bits per heavy atom. The molecule has 0 spiro atoms. The van der Waals surface area contributed by atoms with Gasteiger partial charge in [-0.25, -0.2) is 0 Å². The fourth-order valence-electron chi connectivity index (χ4n) is 0.979. The monoisotopic (exact) mass is 166 g/mol. The van der Waals surface area contributed by atoms with Crippen LogP contribution in [-0.4, -0.2) is 16.4 Å². The van der Waals surface area contributed by atoms with Gasteiger partial charge in [0.05, 0.1) is 0 Å². The van der Waals surface area contributed by atoms with Crippen LogP contribution in [0.5, 0.6) is 0 Å². The Bertz CT molecular complexity index is 186. The number of hydrogen-bond acceptors (Lipinski definition) is 1. The van der Waals surface area contributed by atoms with Crippen molar-refractivity contribution in [3.63, 3.8) is 0 Å². The van der Waals surface area contributed by atoms with Crippen molar-refractivity contribution in [2.24, 2.45) is 0 Å². The highest BCUT2D eigenvalue weighted by Gasteiger charge is 1.90. The molecule has 0 atom stereocenters. The maximum absolute atomic E-state index is 5.38. The van der Waals surface area contributed by atoms with Crippen LogP contribution in [0.1, 0.15) is 12.5 Å². The van der Waals surface area contributed by atoms with Crippen LogP contribution in [0.3, 0.4) is 0 Å². The number of hydrogen-bond donors (Lipinski definition) is 0. The van der Waals surface area contributed by atoms with E-state index in [-0.39, 0.29) is 9.76 Å². The van der Waals surface area contributed by atoms with Gasteiger partial charge in [0.1, 0.15) is 0 Å². The first-order chi connectivity index (χ1) is 5.43. The SMILES string of the molecule is CCO[SiH2]Cc1ccccc1. The van der Waals surface area contributed by atoms with Crippen LogP contribution >= 0.6 is 0 Å². The lowest BCUT2D eigenvalue weighted by Crippen LogP contribution is -2.01. The van der Waals surface area contributed by atoms with E-state index in [9.17, 15) is 0 Å². The first-order valence-corrected chi connectivity index (χ1v) is 5.63. The summed E-state index contributed by atoms with van der Waals surface area (Å²) in [4.78, 5) is 0. The molecule has 0 amide bonds. The average Bonchev–Trinajstić information content (AvgIpc) is 2.07. The quantitative estimate of drug-likeness (QED) is 0.484. The second-order valence-corrected chi connectivity index (χ2v) is 3.75. The second-order valence-electron chi connectivity index (χ2n) is 2.43. The topological polar surface area (TPSA) is 9.23 Å². The molecule has 11 heavy (non-hydrogen) atoms. The van der Waals surface area contributed by atoms with Gasteiger partial charge in [-0.3, -0.25) is 0 Å². The lowest BCUT2D eigenvalue weighted by Gasteiger charge is -1.99. The smallest absolute Gasteiger partial charge is 0.165 e. The predicted molar refractivity (Wildman–Crippen MR) is 50.3 cm³/mol. The summed E-state index contributed by atoms with van der Waals surface area (Å²) >= 11 is 0. The normalized spacial score (nSPS) is 11.0. The highest BCUT2D eigenvalue weighted by atomic mass is 28.2. The molecule has 0 fully saturated rings. The molecule has 1 aromatic rings. The first kappa shape index (κ1) is 8.49. The largest absolute Gasteiger partial charge is 0.424 e. The third kappa shape index (κ3) is 3.35. The summed E-state index contributed by atoms with van der Waals surface area (Å²) in [6, 6.07) is 11.7. The average molecular weight is 166 g/mol. The summed E-state index contributed by atoms with van der Waals surface area (Å²) < 4.78 is 5.38. The lowest BCUT2D eigenvalue weighted by molar-refractivity contribution is 0.360. The Morgan fingerprint density at radius 3 is 2.64 bits per heavy atom. The molecule has 1 rings (SSSR count). The van der Waals surface area contributed by atoms with E-state index in [4.69, 9.17) is 4.43 Å². The van der Waals surface area contributed by atoms with Gasteiger partial charge in [-0.2, -0.15) is 0 Å². The minimum Gasteiger partial charge on any atom is -0.424 e. The molecule has 60 valence electrons. The van der Waals surface area contributed by atoms with Crippen LogP contribution in [0.2, 0.25) is 0 Å². The Morgan fingerprint density at radius 1 is 1.27 bits per heavy atom. The van der Waals surface area contributed by atoms with Crippen molar-refractivity contribution < 1.29 is 4.43 Å². The Hall–Kier alpha value is -0.603. The van der Waals surface area contributed by atoms with Gasteiger partial charge in [0.2, 0.25) is 0 Å². The Balaban J connectivity index is 2.28. The summed E-state index contributed by atoms with van der Waals surface area (Å²) in [6.07, 6.45) is 0. The van der Waals surface area contributed by atoms with E-state index >= 15 is 0 Å². The van der Waals surface area contributed by atoms with E-state index in [0.29, 0.717) is 0 Å². The fourth-order valence-corrected chi connectivity index (χ4v) is 1.98. The highest BCUT2D eigenvalue weighted by molar-refractivity contribution is 6.26. The molecular weight excluding hydrogens is 152 g/mol. The van der Waals surface area contributed by atoms with Crippen molar-refractivity contribution in [3.05, 3.63) is 35.9 Å². The van der Waals surface area contributed by atoms with E-state index in [0.717, 1.165) is 12.7 Å². The molecule has 0 bridgehead atoms. The van der Waals surface area contributed by atoms with E-state index in [1.807, 2.05) is 6.07 Å². The molecule has 0 saturated heterocycles. The second kappa shape index (κ2) is 5.10. The van der Waals surface area contributed by atoms with Crippen molar-refractivity contribution in [1.82, 2.24) is 0 Å². The van der Waals surface area contributed by atoms with Gasteiger partial charge in [-0.1, -0.05) is 30.3 Å². The number of rotatable bonds is 4. The van der Waals surface area contributed by atoms with Crippen molar-refractivity contribution in [1.29, 1.82) is 0 Å². The van der Waals surface area contributed by atoms with Crippen LogP contribution in [0.15, 0.2) is 30.3 Å². The fraction of sp³-hybridized carbons (Fsp3) is 0.333. The zero-order chi connectivity index (χ0) is 7.94. The van der Waals surface area contributed by atoms with Crippen molar-refractivity contribution in [2.45, 2.75) is 13.0 Å². The molecule has 1 nitrogen and oxygen atoms in total. The van der Waals surface area contributed by atoms with E-state index in [1.54, 1.807) is 0 Å². The summed E-state index contributed by atoms with van der Waals surface area (Å²) in [5, 5.41) is 0. The molecule has 0 aliphatic carbocycles. The molecule has 1 aromatic carbocycles. The third-order valence-corrected chi connectivity index (χ3v) is 3.06. The standard InChI is InChI=1S/C9H14OSi/c1-2-10-11-8-9-6-4-3-5-7-9/h3-7H,2,8,11H2,1H3. The third-order valence-electron chi connectivity index (χ3n) is 1.58. The zero-order valence-electron chi connectivity index (χ0n) is 6.92. The molecule has 0 saturated carbocycles.